The van der Waals surface area contributed by atoms with Gasteiger partial charge in [-0.3, -0.25) is 19.4 Å². The number of nitrogens with one attached hydrogen (secondary N) is 1. The van der Waals surface area contributed by atoms with Crippen molar-refractivity contribution < 1.29 is 14.4 Å². The Hall–Kier alpha value is -2.44. The van der Waals surface area contributed by atoms with Crippen LogP contribution in [0.5, 0.6) is 0 Å². The lowest BCUT2D eigenvalue weighted by Crippen LogP contribution is -2.42. The van der Waals surface area contributed by atoms with E-state index in [0.29, 0.717) is 43.5 Å². The van der Waals surface area contributed by atoms with Gasteiger partial charge in [-0.2, -0.15) is 0 Å². The minimum absolute atomic E-state index is 0.0513. The lowest BCUT2D eigenvalue weighted by Gasteiger charge is -2.33. The molecular formula is C23H32N4O3. The number of rotatable bonds is 7. The van der Waals surface area contributed by atoms with Gasteiger partial charge < -0.3 is 15.1 Å². The van der Waals surface area contributed by atoms with Crippen molar-refractivity contribution in [2.24, 2.45) is 11.8 Å². The lowest BCUT2D eigenvalue weighted by molar-refractivity contribution is -0.136. The molecule has 2 saturated heterocycles. The summed E-state index contributed by atoms with van der Waals surface area (Å²) in [6, 6.07) is 3.81. The van der Waals surface area contributed by atoms with Crippen molar-refractivity contribution in [3.8, 4) is 0 Å². The first kappa shape index (κ1) is 20.8. The zero-order chi connectivity index (χ0) is 21.1. The smallest absolute Gasteiger partial charge is 0.252 e. The SMILES string of the molecule is CCCN1CC(C(=O)N2CCC(c3ccc(C(=O)NCC4CC4)cn3)CC2)CC1=O. The number of carbonyl (C=O) groups excluding carboxylic acids is 3. The number of hydrogen-bond donors (Lipinski definition) is 1. The molecule has 3 heterocycles. The molecule has 0 spiro atoms. The minimum atomic E-state index is -0.188. The third-order valence-electron chi connectivity index (χ3n) is 6.58. The summed E-state index contributed by atoms with van der Waals surface area (Å²) in [4.78, 5) is 45.4. The van der Waals surface area contributed by atoms with Crippen molar-refractivity contribution in [3.63, 3.8) is 0 Å². The first-order valence-corrected chi connectivity index (χ1v) is 11.4. The fraction of sp³-hybridized carbons (Fsp3) is 0.652. The van der Waals surface area contributed by atoms with Crippen molar-refractivity contribution in [2.75, 3.05) is 32.7 Å². The third-order valence-corrected chi connectivity index (χ3v) is 6.58. The maximum Gasteiger partial charge on any atom is 0.252 e. The summed E-state index contributed by atoms with van der Waals surface area (Å²) in [7, 11) is 0. The van der Waals surface area contributed by atoms with E-state index in [-0.39, 0.29) is 23.6 Å². The fourth-order valence-corrected chi connectivity index (χ4v) is 4.52. The number of piperidine rings is 1. The Kier molecular flexibility index (Phi) is 6.35. The van der Waals surface area contributed by atoms with Crippen LogP contribution in [0.15, 0.2) is 18.3 Å². The van der Waals surface area contributed by atoms with Crippen molar-refractivity contribution in [1.29, 1.82) is 0 Å². The van der Waals surface area contributed by atoms with E-state index in [0.717, 1.165) is 38.0 Å². The molecule has 1 N–H and O–H groups in total. The average molecular weight is 413 g/mol. The number of hydrogen-bond acceptors (Lipinski definition) is 4. The van der Waals surface area contributed by atoms with Gasteiger partial charge in [0.25, 0.3) is 5.91 Å². The van der Waals surface area contributed by atoms with Crippen LogP contribution in [0.4, 0.5) is 0 Å². The summed E-state index contributed by atoms with van der Waals surface area (Å²) >= 11 is 0. The van der Waals surface area contributed by atoms with Crippen LogP contribution in [0.1, 0.15) is 67.4 Å². The van der Waals surface area contributed by atoms with E-state index in [9.17, 15) is 14.4 Å². The van der Waals surface area contributed by atoms with Crippen molar-refractivity contribution in [3.05, 3.63) is 29.6 Å². The van der Waals surface area contributed by atoms with Gasteiger partial charge in [-0.1, -0.05) is 6.92 Å². The topological polar surface area (TPSA) is 82.6 Å². The molecule has 30 heavy (non-hydrogen) atoms. The van der Waals surface area contributed by atoms with E-state index in [1.165, 1.54) is 12.8 Å². The molecule has 1 unspecified atom stereocenters. The maximum atomic E-state index is 12.9. The molecule has 1 saturated carbocycles. The van der Waals surface area contributed by atoms with E-state index < -0.39 is 0 Å². The zero-order valence-electron chi connectivity index (χ0n) is 17.8. The Morgan fingerprint density at radius 1 is 1.17 bits per heavy atom. The second-order valence-corrected chi connectivity index (χ2v) is 8.97. The number of nitrogens with zero attached hydrogens (tertiary/aromatic N) is 3. The minimum Gasteiger partial charge on any atom is -0.352 e. The van der Waals surface area contributed by atoms with Crippen LogP contribution in [0.2, 0.25) is 0 Å². The highest BCUT2D eigenvalue weighted by atomic mass is 16.2. The summed E-state index contributed by atoms with van der Waals surface area (Å²) in [6.07, 6.45) is 7.11. The summed E-state index contributed by atoms with van der Waals surface area (Å²) in [5, 5.41) is 2.97. The van der Waals surface area contributed by atoms with Crippen molar-refractivity contribution in [1.82, 2.24) is 20.1 Å². The van der Waals surface area contributed by atoms with Crippen LogP contribution in [0, 0.1) is 11.8 Å². The fourth-order valence-electron chi connectivity index (χ4n) is 4.52. The van der Waals surface area contributed by atoms with Crippen molar-refractivity contribution in [2.45, 2.75) is 51.4 Å². The molecule has 3 amide bonds. The van der Waals surface area contributed by atoms with E-state index in [1.807, 2.05) is 28.9 Å². The van der Waals surface area contributed by atoms with Crippen LogP contribution in [-0.2, 0) is 9.59 Å². The van der Waals surface area contributed by atoms with Crippen LogP contribution < -0.4 is 5.32 Å². The molecule has 0 aromatic carbocycles. The summed E-state index contributed by atoms with van der Waals surface area (Å²) in [5.74, 6) is 0.953. The van der Waals surface area contributed by atoms with E-state index in [1.54, 1.807) is 6.20 Å². The highest BCUT2D eigenvalue weighted by molar-refractivity contribution is 5.93. The molecule has 3 fully saturated rings. The molecule has 1 aromatic rings. The molecule has 7 nitrogen and oxygen atoms in total. The quantitative estimate of drug-likeness (QED) is 0.744. The normalized spacial score (nSPS) is 22.4. The molecule has 1 aliphatic carbocycles. The van der Waals surface area contributed by atoms with Crippen molar-refractivity contribution >= 4 is 17.7 Å². The Morgan fingerprint density at radius 2 is 1.93 bits per heavy atom. The standard InChI is InChI=1S/C23H32N4O3/c1-2-9-27-15-19(12-21(27)28)23(30)26-10-7-17(8-11-26)20-6-5-18(14-24-20)22(29)25-13-16-3-4-16/h5-6,14,16-17,19H,2-4,7-13,15H2,1H3,(H,25,29). The first-order chi connectivity index (χ1) is 14.5. The zero-order valence-corrected chi connectivity index (χ0v) is 17.8. The molecule has 162 valence electrons. The Morgan fingerprint density at radius 3 is 2.57 bits per heavy atom. The molecule has 2 aliphatic heterocycles. The van der Waals surface area contributed by atoms with Gasteiger partial charge in [0.15, 0.2) is 0 Å². The molecule has 7 heteroatoms. The van der Waals surface area contributed by atoms with Gasteiger partial charge in [-0.15, -0.1) is 0 Å². The van der Waals surface area contributed by atoms with Gasteiger partial charge in [-0.05, 0) is 50.2 Å². The number of likely N-dealkylation sites (tertiary alicyclic amines) is 2. The van der Waals surface area contributed by atoms with E-state index in [4.69, 9.17) is 0 Å². The van der Waals surface area contributed by atoms with Gasteiger partial charge in [0, 0.05) is 57.0 Å². The molecule has 0 radical (unpaired) electrons. The molecule has 1 aromatic heterocycles. The van der Waals surface area contributed by atoms with Crippen LogP contribution in [-0.4, -0.2) is 65.2 Å². The summed E-state index contributed by atoms with van der Waals surface area (Å²) < 4.78 is 0. The number of aromatic nitrogens is 1. The lowest BCUT2D eigenvalue weighted by atomic mass is 9.92. The number of carbonyl (C=O) groups is 3. The van der Waals surface area contributed by atoms with Gasteiger partial charge >= 0.3 is 0 Å². The predicted octanol–water partition coefficient (Wildman–Crippen LogP) is 2.19. The Balaban J connectivity index is 1.26. The molecule has 1 atom stereocenters. The average Bonchev–Trinajstić information content (AvgIpc) is 3.54. The van der Waals surface area contributed by atoms with E-state index in [2.05, 4.69) is 10.3 Å². The first-order valence-electron chi connectivity index (χ1n) is 11.4. The summed E-state index contributed by atoms with van der Waals surface area (Å²) in [5.41, 5.74) is 1.60. The molecule has 4 rings (SSSR count). The number of pyridine rings is 1. The second-order valence-electron chi connectivity index (χ2n) is 8.97. The van der Waals surface area contributed by atoms with Crippen LogP contribution in [0.25, 0.3) is 0 Å². The molecular weight excluding hydrogens is 380 g/mol. The Labute approximate surface area is 178 Å². The molecule has 3 aliphatic rings. The van der Waals surface area contributed by atoms with Crippen LogP contribution in [0.3, 0.4) is 0 Å². The van der Waals surface area contributed by atoms with E-state index >= 15 is 0 Å². The number of amides is 3. The summed E-state index contributed by atoms with van der Waals surface area (Å²) in [6.45, 7) is 5.52. The molecule has 0 bridgehead atoms. The Bertz CT molecular complexity index is 782. The largest absolute Gasteiger partial charge is 0.352 e. The maximum absolute atomic E-state index is 12.9. The second kappa shape index (κ2) is 9.14. The highest BCUT2D eigenvalue weighted by Crippen LogP contribution is 2.29. The van der Waals surface area contributed by atoms with Gasteiger partial charge in [0.2, 0.25) is 11.8 Å². The third kappa shape index (κ3) is 4.82. The predicted molar refractivity (Wildman–Crippen MR) is 113 cm³/mol. The monoisotopic (exact) mass is 412 g/mol. The highest BCUT2D eigenvalue weighted by Gasteiger charge is 2.37. The van der Waals surface area contributed by atoms with Gasteiger partial charge in [0.1, 0.15) is 0 Å². The van der Waals surface area contributed by atoms with Crippen LogP contribution >= 0.6 is 0 Å². The van der Waals surface area contributed by atoms with Gasteiger partial charge in [0.05, 0.1) is 11.5 Å². The van der Waals surface area contributed by atoms with Gasteiger partial charge in [-0.25, -0.2) is 0 Å².